The first-order valence-electron chi connectivity index (χ1n) is 28.0. The van der Waals surface area contributed by atoms with Crippen molar-refractivity contribution in [2.24, 2.45) is 5.92 Å². The first-order valence-corrected chi connectivity index (χ1v) is 28.0. The molecule has 2 heteroatoms. The molecule has 2 atom stereocenters. The Balaban J connectivity index is 0.809. The van der Waals surface area contributed by atoms with Crippen LogP contribution in [0.4, 0.5) is 11.4 Å². The zero-order valence-electron chi connectivity index (χ0n) is 42.6. The van der Waals surface area contributed by atoms with Gasteiger partial charge in [-0.05, 0) is 175 Å². The highest BCUT2D eigenvalue weighted by molar-refractivity contribution is 5.97. The molecule has 0 saturated heterocycles. The molecular formula is C74H56N2. The van der Waals surface area contributed by atoms with Crippen molar-refractivity contribution in [3.63, 3.8) is 0 Å². The molecule has 2 aliphatic heterocycles. The molecule has 0 saturated carbocycles. The average Bonchev–Trinajstić information content (AvgIpc) is 4.35. The number of hydrogen-bond acceptors (Lipinski definition) is 2. The molecule has 2 heterocycles. The minimum Gasteiger partial charge on any atom is -0.345 e. The molecule has 17 rings (SSSR count). The normalized spacial score (nSPS) is 20.7. The van der Waals surface area contributed by atoms with E-state index in [0.29, 0.717) is 0 Å². The van der Waals surface area contributed by atoms with Gasteiger partial charge in [-0.25, -0.2) is 0 Å². The number of fused-ring (bicyclic) bond motifs is 21. The van der Waals surface area contributed by atoms with Gasteiger partial charge in [-0.15, -0.1) is 0 Å². The van der Waals surface area contributed by atoms with Crippen LogP contribution in [0.15, 0.2) is 247 Å². The molecule has 0 amide bonds. The lowest BCUT2D eigenvalue weighted by Crippen LogP contribution is -2.35. The van der Waals surface area contributed by atoms with Gasteiger partial charge in [-0.1, -0.05) is 200 Å². The molecule has 0 radical (unpaired) electrons. The summed E-state index contributed by atoms with van der Waals surface area (Å²) in [5.41, 5.74) is 32.2. The molecule has 8 aromatic carbocycles. The molecule has 2 spiro atoms. The summed E-state index contributed by atoms with van der Waals surface area (Å²) in [4.78, 5) is 5.28. The predicted octanol–water partition coefficient (Wildman–Crippen LogP) is 17.7. The van der Waals surface area contributed by atoms with Crippen LogP contribution in [0, 0.1) is 5.92 Å². The fourth-order valence-electron chi connectivity index (χ4n) is 16.3. The SMILES string of the molecule is C1=CC2=C(CC1)N(C1=CC3C(C=C1)c1ccc(/C=C/c4ccc5c(c4)C4(c6ccccc6-c6ccccc64)c4cc(N6C7=C(C=CCC7)Cc7ccccc76)ccc4-5)cc1C31c3ccccc3-c3ccccc31)CCC2. The van der Waals surface area contributed by atoms with Gasteiger partial charge in [0.05, 0.1) is 10.8 Å². The van der Waals surface area contributed by atoms with Crippen molar-refractivity contribution in [2.45, 2.75) is 61.7 Å². The van der Waals surface area contributed by atoms with E-state index in [2.05, 4.69) is 240 Å². The maximum Gasteiger partial charge on any atom is 0.0726 e. The maximum absolute atomic E-state index is 2.70. The Morgan fingerprint density at radius 1 is 0.474 bits per heavy atom. The van der Waals surface area contributed by atoms with Crippen LogP contribution in [-0.2, 0) is 17.3 Å². The zero-order valence-corrected chi connectivity index (χ0v) is 42.6. The first-order chi connectivity index (χ1) is 37.7. The number of benzene rings is 8. The van der Waals surface area contributed by atoms with E-state index in [1.807, 2.05) is 0 Å². The molecule has 8 aromatic rings. The van der Waals surface area contributed by atoms with Crippen LogP contribution in [0.5, 0.6) is 0 Å². The van der Waals surface area contributed by atoms with E-state index in [9.17, 15) is 0 Å². The molecule has 9 aliphatic rings. The van der Waals surface area contributed by atoms with Crippen molar-refractivity contribution in [1.82, 2.24) is 4.90 Å². The number of rotatable bonds is 4. The van der Waals surface area contributed by atoms with Crippen molar-refractivity contribution in [2.75, 3.05) is 11.4 Å². The number of hydrogen-bond donors (Lipinski definition) is 0. The molecule has 0 N–H and O–H groups in total. The molecule has 362 valence electrons. The quantitative estimate of drug-likeness (QED) is 0.162. The van der Waals surface area contributed by atoms with Gasteiger partial charge in [0, 0.05) is 53.3 Å². The van der Waals surface area contributed by atoms with Gasteiger partial charge >= 0.3 is 0 Å². The van der Waals surface area contributed by atoms with Gasteiger partial charge in [0.2, 0.25) is 0 Å². The Morgan fingerprint density at radius 2 is 1.05 bits per heavy atom. The average molecular weight is 973 g/mol. The fraction of sp³-hybridized carbons (Fsp3) is 0.162. The van der Waals surface area contributed by atoms with E-state index in [4.69, 9.17) is 0 Å². The largest absolute Gasteiger partial charge is 0.345 e. The second kappa shape index (κ2) is 16.0. The summed E-state index contributed by atoms with van der Waals surface area (Å²) in [5.74, 6) is 0.516. The fourth-order valence-corrected chi connectivity index (χ4v) is 16.3. The van der Waals surface area contributed by atoms with Gasteiger partial charge in [0.1, 0.15) is 0 Å². The Bertz CT molecular complexity index is 4010. The molecule has 0 aromatic heterocycles. The van der Waals surface area contributed by atoms with Gasteiger partial charge in [-0.2, -0.15) is 0 Å². The monoisotopic (exact) mass is 972 g/mol. The Kier molecular flexibility index (Phi) is 9.04. The number of allylic oxidation sites excluding steroid dienone is 11. The highest BCUT2D eigenvalue weighted by Crippen LogP contribution is 2.67. The molecule has 2 unspecified atom stereocenters. The number of nitrogens with zero attached hydrogens (tertiary/aromatic N) is 2. The summed E-state index contributed by atoms with van der Waals surface area (Å²) >= 11 is 0. The molecular weight excluding hydrogens is 917 g/mol. The van der Waals surface area contributed by atoms with Gasteiger partial charge in [0.15, 0.2) is 0 Å². The van der Waals surface area contributed by atoms with Crippen molar-refractivity contribution in [3.8, 4) is 33.4 Å². The summed E-state index contributed by atoms with van der Waals surface area (Å²) in [6, 6.07) is 68.3. The van der Waals surface area contributed by atoms with Gasteiger partial charge in [0.25, 0.3) is 0 Å². The van der Waals surface area contributed by atoms with Crippen molar-refractivity contribution >= 4 is 23.5 Å². The third kappa shape index (κ3) is 5.66. The van der Waals surface area contributed by atoms with E-state index in [1.165, 1.54) is 147 Å². The van der Waals surface area contributed by atoms with Gasteiger partial charge < -0.3 is 9.80 Å². The third-order valence-corrected chi connectivity index (χ3v) is 19.2. The van der Waals surface area contributed by atoms with Crippen molar-refractivity contribution < 1.29 is 0 Å². The summed E-state index contributed by atoms with van der Waals surface area (Å²) in [6.07, 6.45) is 29.8. The van der Waals surface area contributed by atoms with Crippen LogP contribution in [0.2, 0.25) is 0 Å². The molecule has 2 nitrogen and oxygen atoms in total. The van der Waals surface area contributed by atoms with Crippen molar-refractivity contribution in [1.29, 1.82) is 0 Å². The van der Waals surface area contributed by atoms with E-state index < -0.39 is 5.41 Å². The maximum atomic E-state index is 2.70. The highest BCUT2D eigenvalue weighted by Gasteiger charge is 2.58. The van der Waals surface area contributed by atoms with E-state index in [-0.39, 0.29) is 17.3 Å². The van der Waals surface area contributed by atoms with Crippen LogP contribution < -0.4 is 4.90 Å². The summed E-state index contributed by atoms with van der Waals surface area (Å²) in [5, 5.41) is 0. The van der Waals surface area contributed by atoms with Crippen LogP contribution in [-0.4, -0.2) is 11.4 Å². The lowest BCUT2D eigenvalue weighted by atomic mass is 9.65. The van der Waals surface area contributed by atoms with Gasteiger partial charge in [-0.3, -0.25) is 0 Å². The second-order valence-electron chi connectivity index (χ2n) is 22.7. The minimum absolute atomic E-state index is 0.242. The standard InChI is InChI=1S/C74H56N2/c1-12-28-70-49(16-1)19-15-41-75(70)52-35-39-60-58-37-33-47(42-66(58)73(68(60)45-52)62-24-8-4-20-54(62)55-21-5-9-25-63(55)73)31-32-48-34-38-59-61-40-36-53(76-71-29-13-2-17-50(71)44-51-18-3-14-30-72(51)76)46-69(61)74(67(59)43-48)64-26-10-6-22-56(64)57-23-7-11-27-65(57)74/h1-11,13,16-18,20-27,29,31-40,42-43,45-46,60,68H,12,14-15,19,28,30,41,44H2/b32-31+. The lowest BCUT2D eigenvalue weighted by molar-refractivity contribution is 0.366. The lowest BCUT2D eigenvalue weighted by Gasteiger charge is -2.40. The van der Waals surface area contributed by atoms with Crippen LogP contribution in [0.3, 0.4) is 0 Å². The summed E-state index contributed by atoms with van der Waals surface area (Å²) < 4.78 is 0. The number of anilines is 2. The Labute approximate surface area is 446 Å². The Morgan fingerprint density at radius 3 is 1.79 bits per heavy atom. The second-order valence-corrected chi connectivity index (χ2v) is 22.7. The first kappa shape index (κ1) is 42.8. The summed E-state index contributed by atoms with van der Waals surface area (Å²) in [6.45, 7) is 1.09. The molecule has 0 bridgehead atoms. The van der Waals surface area contributed by atoms with E-state index in [1.54, 1.807) is 0 Å². The molecule has 0 fully saturated rings. The molecule has 76 heavy (non-hydrogen) atoms. The zero-order chi connectivity index (χ0) is 49.7. The third-order valence-electron chi connectivity index (χ3n) is 19.2. The smallest absolute Gasteiger partial charge is 0.0726 e. The Hall–Kier alpha value is -8.46. The van der Waals surface area contributed by atoms with Crippen LogP contribution in [0.25, 0.3) is 45.5 Å². The minimum atomic E-state index is -0.476. The van der Waals surface area contributed by atoms with Crippen LogP contribution in [0.1, 0.15) is 106 Å². The molecule has 7 aliphatic carbocycles. The van der Waals surface area contributed by atoms with E-state index >= 15 is 0 Å². The van der Waals surface area contributed by atoms with Crippen LogP contribution >= 0.6 is 0 Å². The van der Waals surface area contributed by atoms with E-state index in [0.717, 1.165) is 38.6 Å². The highest BCUT2D eigenvalue weighted by atomic mass is 15.2. The topological polar surface area (TPSA) is 6.48 Å². The summed E-state index contributed by atoms with van der Waals surface area (Å²) in [7, 11) is 0. The van der Waals surface area contributed by atoms with Crippen molar-refractivity contribution in [3.05, 3.63) is 308 Å². The number of para-hydroxylation sites is 1. The predicted molar refractivity (Wildman–Crippen MR) is 312 cm³/mol.